The molecule has 6 heteroatoms. The lowest BCUT2D eigenvalue weighted by molar-refractivity contribution is 0.0601. The molecule has 120 valence electrons. The van der Waals surface area contributed by atoms with Gasteiger partial charge < -0.3 is 14.6 Å². The molecule has 2 fully saturated rings. The first kappa shape index (κ1) is 14.4. The van der Waals surface area contributed by atoms with E-state index in [1.807, 2.05) is 12.1 Å². The van der Waals surface area contributed by atoms with Crippen molar-refractivity contribution in [3.63, 3.8) is 0 Å². The average Bonchev–Trinajstić information content (AvgIpc) is 3.08. The standard InChI is InChI=1S/C17H19N3O3/c1-22-16(21)12-4-2-11(3-5-12)14-19-15(23-20-14)13-10-17(13)6-8-18-9-7-17/h2-5,13,18H,6-10H2,1H3. The molecule has 0 amide bonds. The predicted molar refractivity (Wildman–Crippen MR) is 83.0 cm³/mol. The Labute approximate surface area is 134 Å². The molecule has 1 N–H and O–H groups in total. The SMILES string of the molecule is COC(=O)c1ccc(-c2noc(C3CC34CCNCC4)n2)cc1. The van der Waals surface area contributed by atoms with Gasteiger partial charge in [0.15, 0.2) is 0 Å². The highest BCUT2D eigenvalue weighted by Crippen LogP contribution is 2.63. The molecule has 1 spiro atoms. The number of carbonyl (C=O) groups is 1. The fourth-order valence-corrected chi connectivity index (χ4v) is 3.54. The molecular formula is C17H19N3O3. The van der Waals surface area contributed by atoms with E-state index in [4.69, 9.17) is 9.26 Å². The molecule has 2 heterocycles. The second kappa shape index (κ2) is 5.45. The van der Waals surface area contributed by atoms with Crippen LogP contribution in [0.3, 0.4) is 0 Å². The zero-order valence-corrected chi connectivity index (χ0v) is 13.0. The third-order valence-corrected chi connectivity index (χ3v) is 5.09. The van der Waals surface area contributed by atoms with E-state index in [0.29, 0.717) is 22.7 Å². The topological polar surface area (TPSA) is 77.2 Å². The highest BCUT2D eigenvalue weighted by molar-refractivity contribution is 5.89. The fourth-order valence-electron chi connectivity index (χ4n) is 3.54. The zero-order valence-electron chi connectivity index (χ0n) is 13.0. The van der Waals surface area contributed by atoms with Crippen molar-refractivity contribution in [1.82, 2.24) is 15.5 Å². The minimum absolute atomic E-state index is 0.351. The van der Waals surface area contributed by atoms with Gasteiger partial charge in [0.2, 0.25) is 11.7 Å². The summed E-state index contributed by atoms with van der Waals surface area (Å²) in [6.07, 6.45) is 3.52. The molecule has 6 nitrogen and oxygen atoms in total. The maximum atomic E-state index is 11.5. The predicted octanol–water partition coefficient (Wildman–Crippen LogP) is 2.38. The summed E-state index contributed by atoms with van der Waals surface area (Å²) in [5, 5.41) is 7.50. The van der Waals surface area contributed by atoms with Crippen molar-refractivity contribution in [2.24, 2.45) is 5.41 Å². The Morgan fingerprint density at radius 3 is 2.74 bits per heavy atom. The van der Waals surface area contributed by atoms with Crippen LogP contribution in [-0.2, 0) is 4.74 Å². The van der Waals surface area contributed by atoms with Crippen LogP contribution in [0.2, 0.25) is 0 Å². The minimum Gasteiger partial charge on any atom is -0.465 e. The Balaban J connectivity index is 1.51. The third-order valence-electron chi connectivity index (χ3n) is 5.09. The number of nitrogens with zero attached hydrogens (tertiary/aromatic N) is 2. The van der Waals surface area contributed by atoms with E-state index >= 15 is 0 Å². The number of aromatic nitrogens is 2. The molecule has 23 heavy (non-hydrogen) atoms. The maximum Gasteiger partial charge on any atom is 0.337 e. The molecule has 1 aliphatic heterocycles. The van der Waals surface area contributed by atoms with Gasteiger partial charge in [-0.3, -0.25) is 0 Å². The summed E-state index contributed by atoms with van der Waals surface area (Å²) in [4.78, 5) is 16.0. The molecule has 1 aromatic carbocycles. The van der Waals surface area contributed by atoms with Gasteiger partial charge >= 0.3 is 5.97 Å². The number of hydrogen-bond donors (Lipinski definition) is 1. The molecule has 1 unspecified atom stereocenters. The van der Waals surface area contributed by atoms with Crippen molar-refractivity contribution in [3.8, 4) is 11.4 Å². The largest absolute Gasteiger partial charge is 0.465 e. The van der Waals surface area contributed by atoms with E-state index in [-0.39, 0.29) is 5.97 Å². The molecule has 4 rings (SSSR count). The van der Waals surface area contributed by atoms with Gasteiger partial charge in [-0.05, 0) is 49.9 Å². The molecule has 0 bridgehead atoms. The number of hydrogen-bond acceptors (Lipinski definition) is 6. The Morgan fingerprint density at radius 1 is 1.30 bits per heavy atom. The second-order valence-corrected chi connectivity index (χ2v) is 6.39. The van der Waals surface area contributed by atoms with Gasteiger partial charge in [-0.25, -0.2) is 4.79 Å². The summed E-state index contributed by atoms with van der Waals surface area (Å²) in [6, 6.07) is 7.05. The van der Waals surface area contributed by atoms with Gasteiger partial charge in [0.05, 0.1) is 12.7 Å². The van der Waals surface area contributed by atoms with Crippen molar-refractivity contribution >= 4 is 5.97 Å². The van der Waals surface area contributed by atoms with Crippen molar-refractivity contribution in [1.29, 1.82) is 0 Å². The van der Waals surface area contributed by atoms with Gasteiger partial charge in [-0.1, -0.05) is 17.3 Å². The zero-order chi connectivity index (χ0) is 15.9. The number of piperidine rings is 1. The van der Waals surface area contributed by atoms with Crippen molar-refractivity contribution in [2.75, 3.05) is 20.2 Å². The van der Waals surface area contributed by atoms with E-state index in [9.17, 15) is 4.79 Å². The van der Waals surface area contributed by atoms with Crippen LogP contribution < -0.4 is 5.32 Å². The Kier molecular flexibility index (Phi) is 3.41. The first-order chi connectivity index (χ1) is 11.2. The summed E-state index contributed by atoms with van der Waals surface area (Å²) in [5.41, 5.74) is 1.73. The number of rotatable bonds is 3. The summed E-state index contributed by atoms with van der Waals surface area (Å²) in [7, 11) is 1.37. The Hall–Kier alpha value is -2.21. The lowest BCUT2D eigenvalue weighted by Crippen LogP contribution is -2.29. The van der Waals surface area contributed by atoms with Crippen LogP contribution in [0.25, 0.3) is 11.4 Å². The first-order valence-corrected chi connectivity index (χ1v) is 7.95. The van der Waals surface area contributed by atoms with Crippen LogP contribution in [0.5, 0.6) is 0 Å². The van der Waals surface area contributed by atoms with E-state index < -0.39 is 0 Å². The number of carbonyl (C=O) groups excluding carboxylic acids is 1. The van der Waals surface area contributed by atoms with Gasteiger partial charge in [0.25, 0.3) is 0 Å². The minimum atomic E-state index is -0.351. The van der Waals surface area contributed by atoms with E-state index in [0.717, 1.165) is 31.0 Å². The monoisotopic (exact) mass is 313 g/mol. The van der Waals surface area contributed by atoms with E-state index in [1.165, 1.54) is 20.0 Å². The van der Waals surface area contributed by atoms with Gasteiger partial charge in [0.1, 0.15) is 0 Å². The summed E-state index contributed by atoms with van der Waals surface area (Å²) in [5.74, 6) is 1.38. The van der Waals surface area contributed by atoms with Crippen LogP contribution in [0, 0.1) is 5.41 Å². The number of ether oxygens (including phenoxy) is 1. The molecule has 1 atom stereocenters. The number of esters is 1. The fraction of sp³-hybridized carbons (Fsp3) is 0.471. The van der Waals surface area contributed by atoms with Crippen molar-refractivity contribution in [2.45, 2.75) is 25.2 Å². The molecule has 1 saturated carbocycles. The van der Waals surface area contributed by atoms with Crippen LogP contribution in [0.15, 0.2) is 28.8 Å². The van der Waals surface area contributed by atoms with Crippen molar-refractivity contribution < 1.29 is 14.1 Å². The molecule has 0 radical (unpaired) electrons. The number of nitrogens with one attached hydrogen (secondary N) is 1. The summed E-state index contributed by atoms with van der Waals surface area (Å²) >= 11 is 0. The smallest absolute Gasteiger partial charge is 0.337 e. The summed E-state index contributed by atoms with van der Waals surface area (Å²) in [6.45, 7) is 2.15. The maximum absolute atomic E-state index is 11.5. The molecule has 1 saturated heterocycles. The lowest BCUT2D eigenvalue weighted by atomic mass is 9.92. The Bertz CT molecular complexity index is 717. The first-order valence-electron chi connectivity index (χ1n) is 7.95. The second-order valence-electron chi connectivity index (χ2n) is 6.39. The van der Waals surface area contributed by atoms with Crippen LogP contribution in [-0.4, -0.2) is 36.3 Å². The van der Waals surface area contributed by atoms with Gasteiger partial charge in [-0.2, -0.15) is 4.98 Å². The molecule has 1 aromatic heterocycles. The molecule has 2 aromatic rings. The molecular weight excluding hydrogens is 294 g/mol. The van der Waals surface area contributed by atoms with Crippen LogP contribution in [0.4, 0.5) is 0 Å². The van der Waals surface area contributed by atoms with Gasteiger partial charge in [0, 0.05) is 11.5 Å². The Morgan fingerprint density at radius 2 is 2.04 bits per heavy atom. The van der Waals surface area contributed by atoms with Gasteiger partial charge in [-0.15, -0.1) is 0 Å². The molecule has 1 aliphatic carbocycles. The van der Waals surface area contributed by atoms with Crippen LogP contribution in [0.1, 0.15) is 41.4 Å². The lowest BCUT2D eigenvalue weighted by Gasteiger charge is -2.22. The molecule has 2 aliphatic rings. The third kappa shape index (κ3) is 2.53. The average molecular weight is 313 g/mol. The van der Waals surface area contributed by atoms with E-state index in [1.54, 1.807) is 12.1 Å². The van der Waals surface area contributed by atoms with Crippen LogP contribution >= 0.6 is 0 Å². The number of benzene rings is 1. The van der Waals surface area contributed by atoms with E-state index in [2.05, 4.69) is 15.5 Å². The normalized spacial score (nSPS) is 22.0. The summed E-state index contributed by atoms with van der Waals surface area (Å²) < 4.78 is 10.2. The number of methoxy groups -OCH3 is 1. The van der Waals surface area contributed by atoms with Crippen molar-refractivity contribution in [3.05, 3.63) is 35.7 Å². The quantitative estimate of drug-likeness (QED) is 0.877. The highest BCUT2D eigenvalue weighted by atomic mass is 16.5. The highest BCUT2D eigenvalue weighted by Gasteiger charge is 2.57.